The van der Waals surface area contributed by atoms with Crippen molar-refractivity contribution in [3.63, 3.8) is 0 Å². The first-order chi connectivity index (χ1) is 14.2. The number of nitrogens with one attached hydrogen (secondary N) is 1. The Morgan fingerprint density at radius 3 is 2.40 bits per heavy atom. The van der Waals surface area contributed by atoms with Crippen LogP contribution in [0.3, 0.4) is 0 Å². The third-order valence-corrected chi connectivity index (χ3v) is 5.01. The quantitative estimate of drug-likeness (QED) is 0.577. The van der Waals surface area contributed by atoms with Gasteiger partial charge < -0.3 is 15.1 Å². The molecule has 0 saturated heterocycles. The predicted molar refractivity (Wildman–Crippen MR) is 125 cm³/mol. The van der Waals surface area contributed by atoms with Gasteiger partial charge in [0, 0.05) is 45.0 Å². The highest BCUT2D eigenvalue weighted by Crippen LogP contribution is 2.26. The van der Waals surface area contributed by atoms with E-state index in [1.54, 1.807) is 12.1 Å². The standard InChI is InChI=1S/C24H32ClN3O2/c1-6-13-28(24(30)20-9-7-8-10-21(20)25)16-18-15-19(11-12-22(18)27(4)5)26-23(29)14-17(2)3/h7-12,15,17H,6,13-14,16H2,1-5H3,(H,26,29). The van der Waals surface area contributed by atoms with Crippen molar-refractivity contribution < 1.29 is 9.59 Å². The third-order valence-electron chi connectivity index (χ3n) is 4.68. The number of benzene rings is 2. The van der Waals surface area contributed by atoms with Crippen LogP contribution in [0.4, 0.5) is 11.4 Å². The van der Waals surface area contributed by atoms with Gasteiger partial charge in [0.1, 0.15) is 0 Å². The minimum Gasteiger partial charge on any atom is -0.377 e. The average molecular weight is 430 g/mol. The topological polar surface area (TPSA) is 52.7 Å². The highest BCUT2D eigenvalue weighted by molar-refractivity contribution is 6.33. The van der Waals surface area contributed by atoms with Crippen molar-refractivity contribution in [3.8, 4) is 0 Å². The van der Waals surface area contributed by atoms with Gasteiger partial charge in [-0.2, -0.15) is 0 Å². The summed E-state index contributed by atoms with van der Waals surface area (Å²) in [4.78, 5) is 29.2. The molecule has 2 amide bonds. The zero-order chi connectivity index (χ0) is 22.3. The van der Waals surface area contributed by atoms with Gasteiger partial charge in [-0.25, -0.2) is 0 Å². The van der Waals surface area contributed by atoms with Gasteiger partial charge in [-0.15, -0.1) is 0 Å². The molecular weight excluding hydrogens is 398 g/mol. The molecule has 0 saturated carbocycles. The van der Waals surface area contributed by atoms with E-state index in [0.717, 1.165) is 23.4 Å². The molecule has 1 N–H and O–H groups in total. The van der Waals surface area contributed by atoms with Crippen molar-refractivity contribution in [3.05, 3.63) is 58.6 Å². The molecule has 0 aliphatic rings. The van der Waals surface area contributed by atoms with Crippen LogP contribution in [0.25, 0.3) is 0 Å². The van der Waals surface area contributed by atoms with Gasteiger partial charge in [-0.3, -0.25) is 9.59 Å². The maximum Gasteiger partial charge on any atom is 0.255 e. The zero-order valence-electron chi connectivity index (χ0n) is 18.5. The van der Waals surface area contributed by atoms with Gasteiger partial charge >= 0.3 is 0 Å². The lowest BCUT2D eigenvalue weighted by molar-refractivity contribution is -0.116. The lowest BCUT2D eigenvalue weighted by Crippen LogP contribution is -2.32. The van der Waals surface area contributed by atoms with Crippen LogP contribution in [0.15, 0.2) is 42.5 Å². The molecule has 0 spiro atoms. The first-order valence-corrected chi connectivity index (χ1v) is 10.7. The summed E-state index contributed by atoms with van der Waals surface area (Å²) in [6, 6.07) is 12.9. The molecule has 0 atom stereocenters. The number of hydrogen-bond donors (Lipinski definition) is 1. The monoisotopic (exact) mass is 429 g/mol. The molecule has 5 nitrogen and oxygen atoms in total. The van der Waals surface area contributed by atoms with Crippen molar-refractivity contribution in [2.24, 2.45) is 5.92 Å². The normalized spacial score (nSPS) is 10.8. The van der Waals surface area contributed by atoms with E-state index in [4.69, 9.17) is 11.6 Å². The highest BCUT2D eigenvalue weighted by atomic mass is 35.5. The van der Waals surface area contributed by atoms with Crippen molar-refractivity contribution in [2.45, 2.75) is 40.2 Å². The van der Waals surface area contributed by atoms with Crippen molar-refractivity contribution >= 4 is 34.8 Å². The Morgan fingerprint density at radius 2 is 1.80 bits per heavy atom. The lowest BCUT2D eigenvalue weighted by Gasteiger charge is -2.26. The van der Waals surface area contributed by atoms with Gasteiger partial charge in [-0.05, 0) is 48.2 Å². The molecular formula is C24H32ClN3O2. The number of rotatable bonds is 9. The minimum absolute atomic E-state index is 0.00823. The number of carbonyl (C=O) groups excluding carboxylic acids is 2. The van der Waals surface area contributed by atoms with E-state index in [1.165, 1.54) is 0 Å². The SMILES string of the molecule is CCCN(Cc1cc(NC(=O)CC(C)C)ccc1N(C)C)C(=O)c1ccccc1Cl. The summed E-state index contributed by atoms with van der Waals surface area (Å²) in [5.74, 6) is 0.186. The Kier molecular flexibility index (Phi) is 8.72. The van der Waals surface area contributed by atoms with Crippen LogP contribution < -0.4 is 10.2 Å². The van der Waals surface area contributed by atoms with Crippen LogP contribution in [-0.2, 0) is 11.3 Å². The van der Waals surface area contributed by atoms with Crippen LogP contribution in [0.1, 0.15) is 49.5 Å². The second-order valence-electron chi connectivity index (χ2n) is 8.09. The number of hydrogen-bond acceptors (Lipinski definition) is 3. The highest BCUT2D eigenvalue weighted by Gasteiger charge is 2.20. The second kappa shape index (κ2) is 11.0. The molecule has 0 aliphatic heterocycles. The number of amides is 2. The van der Waals surface area contributed by atoms with E-state index < -0.39 is 0 Å². The van der Waals surface area contributed by atoms with E-state index >= 15 is 0 Å². The number of anilines is 2. The molecule has 0 bridgehead atoms. The van der Waals surface area contributed by atoms with Crippen molar-refractivity contribution in [1.29, 1.82) is 0 Å². The summed E-state index contributed by atoms with van der Waals surface area (Å²) in [7, 11) is 3.94. The molecule has 2 aromatic rings. The van der Waals surface area contributed by atoms with E-state index in [0.29, 0.717) is 36.0 Å². The molecule has 0 heterocycles. The first-order valence-electron chi connectivity index (χ1n) is 10.4. The summed E-state index contributed by atoms with van der Waals surface area (Å²) in [6.07, 6.45) is 1.30. The molecule has 0 unspecified atom stereocenters. The molecule has 2 rings (SSSR count). The summed E-state index contributed by atoms with van der Waals surface area (Å²) in [5, 5.41) is 3.42. The summed E-state index contributed by atoms with van der Waals surface area (Å²) >= 11 is 6.27. The van der Waals surface area contributed by atoms with Crippen LogP contribution in [0.5, 0.6) is 0 Å². The van der Waals surface area contributed by atoms with Gasteiger partial charge in [0.15, 0.2) is 0 Å². The number of carbonyl (C=O) groups is 2. The lowest BCUT2D eigenvalue weighted by atomic mass is 10.1. The number of halogens is 1. The Hall–Kier alpha value is -2.53. The van der Waals surface area contributed by atoms with Gasteiger partial charge in [0.2, 0.25) is 5.91 Å². The zero-order valence-corrected chi connectivity index (χ0v) is 19.3. The van der Waals surface area contributed by atoms with Crippen LogP contribution in [0.2, 0.25) is 5.02 Å². The molecule has 6 heteroatoms. The molecule has 162 valence electrons. The van der Waals surface area contributed by atoms with Crippen molar-refractivity contribution in [2.75, 3.05) is 30.9 Å². The maximum atomic E-state index is 13.2. The Morgan fingerprint density at radius 1 is 1.10 bits per heavy atom. The van der Waals surface area contributed by atoms with Crippen LogP contribution >= 0.6 is 11.6 Å². The molecule has 0 aliphatic carbocycles. The van der Waals surface area contributed by atoms with E-state index in [-0.39, 0.29) is 11.8 Å². The van der Waals surface area contributed by atoms with E-state index in [9.17, 15) is 9.59 Å². The summed E-state index contributed by atoms with van der Waals surface area (Å²) < 4.78 is 0. The first kappa shape index (κ1) is 23.7. The van der Waals surface area contributed by atoms with E-state index in [1.807, 2.05) is 75.0 Å². The Labute approximate surface area is 185 Å². The van der Waals surface area contributed by atoms with Crippen LogP contribution in [-0.4, -0.2) is 37.4 Å². The van der Waals surface area contributed by atoms with Gasteiger partial charge in [0.05, 0.1) is 10.6 Å². The van der Waals surface area contributed by atoms with Crippen LogP contribution in [0, 0.1) is 5.92 Å². The molecule has 0 aromatic heterocycles. The maximum absolute atomic E-state index is 13.2. The minimum atomic E-state index is -0.0959. The second-order valence-corrected chi connectivity index (χ2v) is 8.50. The van der Waals surface area contributed by atoms with Gasteiger partial charge in [0.25, 0.3) is 5.91 Å². The molecule has 30 heavy (non-hydrogen) atoms. The Bertz CT molecular complexity index is 881. The van der Waals surface area contributed by atoms with Gasteiger partial charge in [-0.1, -0.05) is 44.5 Å². The molecule has 2 aromatic carbocycles. The Balaban J connectivity index is 2.33. The number of nitrogens with zero attached hydrogens (tertiary/aromatic N) is 2. The molecule has 0 radical (unpaired) electrons. The third kappa shape index (κ3) is 6.49. The summed E-state index contributed by atoms with van der Waals surface area (Å²) in [6.45, 7) is 7.12. The largest absolute Gasteiger partial charge is 0.377 e. The fraction of sp³-hybridized carbons (Fsp3) is 0.417. The fourth-order valence-corrected chi connectivity index (χ4v) is 3.56. The average Bonchev–Trinajstić information content (AvgIpc) is 2.66. The van der Waals surface area contributed by atoms with E-state index in [2.05, 4.69) is 5.32 Å². The van der Waals surface area contributed by atoms with Crippen molar-refractivity contribution in [1.82, 2.24) is 4.90 Å². The molecule has 0 fully saturated rings. The fourth-order valence-electron chi connectivity index (χ4n) is 3.34. The smallest absolute Gasteiger partial charge is 0.255 e. The predicted octanol–water partition coefficient (Wildman–Crippen LogP) is 5.44. The summed E-state index contributed by atoms with van der Waals surface area (Å²) in [5.41, 5.74) is 3.21.